The molecule has 0 saturated carbocycles. The Morgan fingerprint density at radius 3 is 2.65 bits per heavy atom. The van der Waals surface area contributed by atoms with Crippen molar-refractivity contribution >= 4 is 5.82 Å². The third-order valence-electron chi connectivity index (χ3n) is 4.03. The predicted molar refractivity (Wildman–Crippen MR) is 83.9 cm³/mol. The normalized spacial score (nSPS) is 16.5. The average Bonchev–Trinajstić information content (AvgIpc) is 3.03. The van der Waals surface area contributed by atoms with E-state index in [0.29, 0.717) is 17.9 Å². The Kier molecular flexibility index (Phi) is 3.11. The third-order valence-corrected chi connectivity index (χ3v) is 4.03. The van der Waals surface area contributed by atoms with Crippen molar-refractivity contribution in [3.63, 3.8) is 0 Å². The maximum Gasteiger partial charge on any atom is 0.125 e. The Balaban J connectivity index is 1.93. The largest absolute Gasteiger partial charge is 0.384 e. The van der Waals surface area contributed by atoms with Gasteiger partial charge in [0.05, 0.1) is 6.54 Å². The first kappa shape index (κ1) is 13.9. The second-order valence-corrected chi connectivity index (χ2v) is 5.63. The molecule has 6 heteroatoms. The Bertz CT molecular complexity index is 871. The van der Waals surface area contributed by atoms with Gasteiger partial charge in [-0.15, -0.1) is 0 Å². The number of nitrogens with two attached hydrogens (primary N) is 1. The fraction of sp³-hybridized carbons (Fsp3) is 0.176. The van der Waals surface area contributed by atoms with Crippen LogP contribution in [0.3, 0.4) is 0 Å². The van der Waals surface area contributed by atoms with Gasteiger partial charge >= 0.3 is 0 Å². The van der Waals surface area contributed by atoms with E-state index in [0.717, 1.165) is 22.4 Å². The summed E-state index contributed by atoms with van der Waals surface area (Å²) in [6.45, 7) is 0.240. The van der Waals surface area contributed by atoms with Gasteiger partial charge in [-0.25, -0.2) is 13.8 Å². The number of aromatic nitrogens is 3. The standard InChI is InChI=1S/C17H14F2N4/c18-12-3-1-10(2-4-12)17-16(11-5-6-21-15(20)7-11)14-8-13(19)9-23(14)22-17/h1-7,13H,8-9H2,(H2,20,21). The molecule has 0 spiro atoms. The number of fused-ring (bicyclic) bond motifs is 1. The molecule has 3 heterocycles. The number of anilines is 1. The number of halogens is 2. The van der Waals surface area contributed by atoms with Crippen LogP contribution in [0.25, 0.3) is 22.4 Å². The zero-order chi connectivity index (χ0) is 16.0. The first-order chi connectivity index (χ1) is 11.1. The average molecular weight is 312 g/mol. The van der Waals surface area contributed by atoms with Crippen LogP contribution in [0.15, 0.2) is 42.6 Å². The van der Waals surface area contributed by atoms with E-state index in [1.54, 1.807) is 29.1 Å². The molecule has 2 aromatic heterocycles. The number of pyridine rings is 1. The first-order valence-corrected chi connectivity index (χ1v) is 7.33. The summed E-state index contributed by atoms with van der Waals surface area (Å²) in [7, 11) is 0. The van der Waals surface area contributed by atoms with E-state index < -0.39 is 6.17 Å². The van der Waals surface area contributed by atoms with E-state index in [1.165, 1.54) is 12.1 Å². The van der Waals surface area contributed by atoms with Crippen LogP contribution in [0.1, 0.15) is 5.69 Å². The lowest BCUT2D eigenvalue weighted by Crippen LogP contribution is -2.03. The van der Waals surface area contributed by atoms with Crippen molar-refractivity contribution in [2.45, 2.75) is 19.1 Å². The molecule has 3 aromatic rings. The number of hydrogen-bond donors (Lipinski definition) is 1. The Morgan fingerprint density at radius 2 is 1.91 bits per heavy atom. The van der Waals surface area contributed by atoms with Crippen molar-refractivity contribution in [2.24, 2.45) is 0 Å². The summed E-state index contributed by atoms with van der Waals surface area (Å²) in [5.74, 6) is 0.0846. The molecule has 1 aromatic carbocycles. The fourth-order valence-corrected chi connectivity index (χ4v) is 3.03. The summed E-state index contributed by atoms with van der Waals surface area (Å²) < 4.78 is 28.6. The van der Waals surface area contributed by atoms with Gasteiger partial charge in [-0.1, -0.05) is 0 Å². The van der Waals surface area contributed by atoms with Crippen LogP contribution in [0.2, 0.25) is 0 Å². The van der Waals surface area contributed by atoms with E-state index >= 15 is 0 Å². The Morgan fingerprint density at radius 1 is 1.13 bits per heavy atom. The van der Waals surface area contributed by atoms with E-state index in [4.69, 9.17) is 5.73 Å². The monoisotopic (exact) mass is 312 g/mol. The van der Waals surface area contributed by atoms with Gasteiger partial charge in [-0.05, 0) is 42.0 Å². The van der Waals surface area contributed by atoms with Crippen molar-refractivity contribution in [2.75, 3.05) is 5.73 Å². The van der Waals surface area contributed by atoms with Crippen LogP contribution in [0, 0.1) is 5.82 Å². The first-order valence-electron chi connectivity index (χ1n) is 7.33. The lowest BCUT2D eigenvalue weighted by molar-refractivity contribution is 0.322. The summed E-state index contributed by atoms with van der Waals surface area (Å²) in [4.78, 5) is 4.00. The van der Waals surface area contributed by atoms with Gasteiger partial charge in [0.1, 0.15) is 23.5 Å². The summed E-state index contributed by atoms with van der Waals surface area (Å²) in [5.41, 5.74) is 9.79. The van der Waals surface area contributed by atoms with Crippen molar-refractivity contribution in [3.05, 3.63) is 54.1 Å². The lowest BCUT2D eigenvalue weighted by atomic mass is 9.98. The molecule has 0 saturated heterocycles. The molecular formula is C17H14F2N4. The maximum absolute atomic E-state index is 13.8. The van der Waals surface area contributed by atoms with Crippen LogP contribution < -0.4 is 5.73 Å². The molecule has 2 N–H and O–H groups in total. The minimum atomic E-state index is -0.933. The minimum absolute atomic E-state index is 0.240. The lowest BCUT2D eigenvalue weighted by Gasteiger charge is -2.07. The molecule has 23 heavy (non-hydrogen) atoms. The highest BCUT2D eigenvalue weighted by Crippen LogP contribution is 2.38. The molecule has 0 fully saturated rings. The SMILES string of the molecule is Nc1cc(-c2c(-c3ccc(F)cc3)nn3c2CC(F)C3)ccn1. The zero-order valence-corrected chi connectivity index (χ0v) is 12.2. The summed E-state index contributed by atoms with van der Waals surface area (Å²) in [5, 5.41) is 4.54. The fourth-order valence-electron chi connectivity index (χ4n) is 3.03. The molecule has 4 rings (SSSR count). The molecule has 0 aliphatic carbocycles. The van der Waals surface area contributed by atoms with E-state index in [9.17, 15) is 8.78 Å². The molecule has 0 amide bonds. The van der Waals surface area contributed by atoms with E-state index in [2.05, 4.69) is 10.1 Å². The Labute approximate surface area is 131 Å². The van der Waals surface area contributed by atoms with Crippen LogP contribution in [-0.2, 0) is 13.0 Å². The quantitative estimate of drug-likeness (QED) is 0.790. The third kappa shape index (κ3) is 2.36. The van der Waals surface area contributed by atoms with Gasteiger partial charge in [-0.2, -0.15) is 5.10 Å². The van der Waals surface area contributed by atoms with Crippen LogP contribution >= 0.6 is 0 Å². The minimum Gasteiger partial charge on any atom is -0.384 e. The maximum atomic E-state index is 13.8. The predicted octanol–water partition coefficient (Wildman–Crippen LogP) is 3.23. The smallest absolute Gasteiger partial charge is 0.125 e. The van der Waals surface area contributed by atoms with Crippen LogP contribution in [-0.4, -0.2) is 20.9 Å². The molecule has 1 atom stereocenters. The molecule has 1 unspecified atom stereocenters. The summed E-state index contributed by atoms with van der Waals surface area (Å²) in [6, 6.07) is 9.71. The van der Waals surface area contributed by atoms with Gasteiger partial charge in [-0.3, -0.25) is 4.68 Å². The summed E-state index contributed by atoms with van der Waals surface area (Å²) in [6.07, 6.45) is 0.995. The van der Waals surface area contributed by atoms with Crippen LogP contribution in [0.4, 0.5) is 14.6 Å². The number of alkyl halides is 1. The van der Waals surface area contributed by atoms with Gasteiger partial charge in [0, 0.05) is 29.4 Å². The van der Waals surface area contributed by atoms with E-state index in [1.807, 2.05) is 6.07 Å². The van der Waals surface area contributed by atoms with Gasteiger partial charge in [0.15, 0.2) is 0 Å². The number of nitrogen functional groups attached to an aromatic ring is 1. The highest BCUT2D eigenvalue weighted by atomic mass is 19.1. The topological polar surface area (TPSA) is 56.7 Å². The van der Waals surface area contributed by atoms with Crippen molar-refractivity contribution in [3.8, 4) is 22.4 Å². The number of hydrogen-bond acceptors (Lipinski definition) is 3. The van der Waals surface area contributed by atoms with Gasteiger partial charge in [0.2, 0.25) is 0 Å². The van der Waals surface area contributed by atoms with Crippen molar-refractivity contribution in [1.29, 1.82) is 0 Å². The van der Waals surface area contributed by atoms with E-state index in [-0.39, 0.29) is 12.4 Å². The molecule has 0 bridgehead atoms. The summed E-state index contributed by atoms with van der Waals surface area (Å²) >= 11 is 0. The molecular weight excluding hydrogens is 298 g/mol. The second-order valence-electron chi connectivity index (χ2n) is 5.63. The molecule has 1 aliphatic rings. The highest BCUT2D eigenvalue weighted by Gasteiger charge is 2.29. The highest BCUT2D eigenvalue weighted by molar-refractivity contribution is 5.83. The Hall–Kier alpha value is -2.76. The number of nitrogens with zero attached hydrogens (tertiary/aromatic N) is 3. The second kappa shape index (κ2) is 5.15. The number of benzene rings is 1. The zero-order valence-electron chi connectivity index (χ0n) is 12.2. The van der Waals surface area contributed by atoms with Crippen molar-refractivity contribution in [1.82, 2.24) is 14.8 Å². The number of rotatable bonds is 2. The molecule has 0 radical (unpaired) electrons. The van der Waals surface area contributed by atoms with Gasteiger partial charge in [0.25, 0.3) is 0 Å². The van der Waals surface area contributed by atoms with Gasteiger partial charge < -0.3 is 5.73 Å². The van der Waals surface area contributed by atoms with Crippen LogP contribution in [0.5, 0.6) is 0 Å². The van der Waals surface area contributed by atoms with Crippen molar-refractivity contribution < 1.29 is 8.78 Å². The molecule has 116 valence electrons. The molecule has 4 nitrogen and oxygen atoms in total. The molecule has 1 aliphatic heterocycles.